The Hall–Kier alpha value is -2.62. The summed E-state index contributed by atoms with van der Waals surface area (Å²) in [6.45, 7) is 3.02. The van der Waals surface area contributed by atoms with Gasteiger partial charge in [-0.25, -0.2) is 0 Å². The van der Waals surface area contributed by atoms with Crippen molar-refractivity contribution in [1.82, 2.24) is 0 Å². The first-order valence-electron chi connectivity index (χ1n) is 7.13. The zero-order valence-corrected chi connectivity index (χ0v) is 12.3. The summed E-state index contributed by atoms with van der Waals surface area (Å²) in [6, 6.07) is 15.0. The number of esters is 2. The molecular weight excluding hydrogens is 280 g/mol. The van der Waals surface area contributed by atoms with Crippen molar-refractivity contribution in [3.63, 3.8) is 0 Å². The molecule has 4 nitrogen and oxygen atoms in total. The summed E-state index contributed by atoms with van der Waals surface area (Å²) in [5, 5.41) is 0. The lowest BCUT2D eigenvalue weighted by Crippen LogP contribution is -2.52. The molecule has 2 aromatic rings. The Morgan fingerprint density at radius 1 is 0.727 bits per heavy atom. The van der Waals surface area contributed by atoms with Gasteiger partial charge in [-0.15, -0.1) is 0 Å². The second kappa shape index (κ2) is 3.97. The van der Waals surface area contributed by atoms with E-state index < -0.39 is 23.1 Å². The minimum Gasteiger partial charge on any atom is -0.413 e. The molecule has 0 saturated carbocycles. The Balaban J connectivity index is 2.00. The van der Waals surface area contributed by atoms with Crippen LogP contribution in [-0.4, -0.2) is 11.9 Å². The Labute approximate surface area is 127 Å². The summed E-state index contributed by atoms with van der Waals surface area (Å²) >= 11 is 0. The van der Waals surface area contributed by atoms with E-state index in [1.54, 1.807) is 0 Å². The fourth-order valence-corrected chi connectivity index (χ4v) is 3.00. The van der Waals surface area contributed by atoms with Gasteiger partial charge in [0.15, 0.2) is 5.41 Å². The van der Waals surface area contributed by atoms with Gasteiger partial charge in [0, 0.05) is 11.1 Å². The quantitative estimate of drug-likeness (QED) is 0.553. The number of carbonyl (C=O) groups is 2. The number of benzene rings is 2. The molecule has 1 aliphatic heterocycles. The number of ether oxygens (including phenoxy) is 2. The Kier molecular flexibility index (Phi) is 2.36. The zero-order chi connectivity index (χ0) is 15.5. The summed E-state index contributed by atoms with van der Waals surface area (Å²) in [7, 11) is 0. The maximum atomic E-state index is 12.4. The molecule has 0 bridgehead atoms. The third-order valence-corrected chi connectivity index (χ3v) is 4.35. The summed E-state index contributed by atoms with van der Waals surface area (Å²) in [5.41, 5.74) is 1.91. The first-order chi connectivity index (χ1) is 10.5. The van der Waals surface area contributed by atoms with Gasteiger partial charge < -0.3 is 9.47 Å². The fraction of sp³-hybridized carbons (Fsp3) is 0.222. The van der Waals surface area contributed by atoms with Crippen molar-refractivity contribution in [2.45, 2.75) is 19.6 Å². The number of rotatable bonds is 0. The molecule has 2 aliphatic rings. The molecule has 1 aliphatic carbocycles. The van der Waals surface area contributed by atoms with Crippen LogP contribution in [0, 0.1) is 5.41 Å². The maximum Gasteiger partial charge on any atom is 0.326 e. The van der Waals surface area contributed by atoms with E-state index in [4.69, 9.17) is 9.47 Å². The SMILES string of the molecule is CC1(C)C(=O)OC2(OC1=O)c1ccccc1-c1ccccc12. The molecule has 1 saturated heterocycles. The third-order valence-electron chi connectivity index (χ3n) is 4.35. The molecule has 0 amide bonds. The normalized spacial score (nSPS) is 20.1. The number of carbonyl (C=O) groups excluding carboxylic acids is 2. The van der Waals surface area contributed by atoms with Crippen LogP contribution < -0.4 is 0 Å². The van der Waals surface area contributed by atoms with E-state index in [0.717, 1.165) is 11.1 Å². The van der Waals surface area contributed by atoms with Crippen LogP contribution in [0.3, 0.4) is 0 Å². The monoisotopic (exact) mass is 294 g/mol. The molecule has 0 unspecified atom stereocenters. The minimum atomic E-state index is -1.46. The van der Waals surface area contributed by atoms with Crippen molar-refractivity contribution in [1.29, 1.82) is 0 Å². The van der Waals surface area contributed by atoms with Crippen LogP contribution in [0.25, 0.3) is 11.1 Å². The number of fused-ring (bicyclic) bond motifs is 5. The van der Waals surface area contributed by atoms with Gasteiger partial charge in [0.05, 0.1) is 0 Å². The molecule has 0 N–H and O–H groups in total. The van der Waals surface area contributed by atoms with E-state index in [0.29, 0.717) is 11.1 Å². The highest BCUT2D eigenvalue weighted by atomic mass is 16.7. The van der Waals surface area contributed by atoms with Crippen LogP contribution in [0.5, 0.6) is 0 Å². The van der Waals surface area contributed by atoms with E-state index in [9.17, 15) is 9.59 Å². The fourth-order valence-electron chi connectivity index (χ4n) is 3.00. The van der Waals surface area contributed by atoms with E-state index in [1.165, 1.54) is 13.8 Å². The van der Waals surface area contributed by atoms with Gasteiger partial charge in [0.25, 0.3) is 0 Å². The molecule has 4 rings (SSSR count). The lowest BCUT2D eigenvalue weighted by molar-refractivity contribution is -0.249. The summed E-state index contributed by atoms with van der Waals surface area (Å²) in [5.74, 6) is -2.61. The number of hydrogen-bond donors (Lipinski definition) is 0. The molecule has 4 heteroatoms. The van der Waals surface area contributed by atoms with Crippen LogP contribution in [0.15, 0.2) is 48.5 Å². The maximum absolute atomic E-state index is 12.4. The summed E-state index contributed by atoms with van der Waals surface area (Å²) in [4.78, 5) is 24.8. The zero-order valence-electron chi connectivity index (χ0n) is 12.3. The molecule has 0 aromatic heterocycles. The van der Waals surface area contributed by atoms with E-state index in [2.05, 4.69) is 0 Å². The van der Waals surface area contributed by atoms with Crippen LogP contribution in [0.4, 0.5) is 0 Å². The van der Waals surface area contributed by atoms with Crippen LogP contribution in [0.2, 0.25) is 0 Å². The van der Waals surface area contributed by atoms with Crippen molar-refractivity contribution < 1.29 is 19.1 Å². The molecule has 0 atom stereocenters. The van der Waals surface area contributed by atoms with E-state index in [1.807, 2.05) is 48.5 Å². The largest absolute Gasteiger partial charge is 0.413 e. The smallest absolute Gasteiger partial charge is 0.326 e. The van der Waals surface area contributed by atoms with Gasteiger partial charge in [0.1, 0.15) is 0 Å². The van der Waals surface area contributed by atoms with Crippen molar-refractivity contribution in [3.8, 4) is 11.1 Å². The highest BCUT2D eigenvalue weighted by Crippen LogP contribution is 2.53. The standard InChI is InChI=1S/C18H14O4/c1-17(2)15(19)21-18(22-16(17)20)13-9-5-3-7-11(13)12-8-4-6-10-14(12)18/h3-10H,1-2H3. The lowest BCUT2D eigenvalue weighted by Gasteiger charge is -2.39. The van der Waals surface area contributed by atoms with Gasteiger partial charge in [-0.2, -0.15) is 0 Å². The number of hydrogen-bond acceptors (Lipinski definition) is 4. The minimum absolute atomic E-state index is 0.574. The highest BCUT2D eigenvalue weighted by molar-refractivity contribution is 6.02. The van der Waals surface area contributed by atoms with Crippen LogP contribution in [0.1, 0.15) is 25.0 Å². The molecular formula is C18H14O4. The van der Waals surface area contributed by atoms with Gasteiger partial charge in [-0.05, 0) is 25.0 Å². The van der Waals surface area contributed by atoms with Gasteiger partial charge in [-0.1, -0.05) is 48.5 Å². The second-order valence-corrected chi connectivity index (χ2v) is 6.11. The third kappa shape index (κ3) is 1.42. The van der Waals surface area contributed by atoms with Crippen LogP contribution in [-0.2, 0) is 24.8 Å². The molecule has 1 fully saturated rings. The van der Waals surface area contributed by atoms with Crippen LogP contribution >= 0.6 is 0 Å². The molecule has 110 valence electrons. The molecule has 1 heterocycles. The average molecular weight is 294 g/mol. The molecule has 22 heavy (non-hydrogen) atoms. The van der Waals surface area contributed by atoms with E-state index >= 15 is 0 Å². The molecule has 0 radical (unpaired) electrons. The van der Waals surface area contributed by atoms with Crippen molar-refractivity contribution in [2.75, 3.05) is 0 Å². The van der Waals surface area contributed by atoms with E-state index in [-0.39, 0.29) is 0 Å². The topological polar surface area (TPSA) is 52.6 Å². The first-order valence-corrected chi connectivity index (χ1v) is 7.13. The van der Waals surface area contributed by atoms with Crippen molar-refractivity contribution >= 4 is 11.9 Å². The average Bonchev–Trinajstić information content (AvgIpc) is 2.77. The van der Waals surface area contributed by atoms with Gasteiger partial charge in [0.2, 0.25) is 0 Å². The van der Waals surface area contributed by atoms with Crippen molar-refractivity contribution in [2.24, 2.45) is 5.41 Å². The lowest BCUT2D eigenvalue weighted by atomic mass is 9.91. The van der Waals surface area contributed by atoms with Gasteiger partial charge >= 0.3 is 17.7 Å². The predicted molar refractivity (Wildman–Crippen MR) is 78.6 cm³/mol. The molecule has 1 spiro atoms. The Bertz CT molecular complexity index is 752. The Morgan fingerprint density at radius 2 is 1.14 bits per heavy atom. The van der Waals surface area contributed by atoms with Crippen molar-refractivity contribution in [3.05, 3.63) is 59.7 Å². The highest BCUT2D eigenvalue weighted by Gasteiger charge is 2.59. The first kappa shape index (κ1) is 13.1. The Morgan fingerprint density at radius 3 is 1.59 bits per heavy atom. The summed E-state index contributed by atoms with van der Waals surface area (Å²) < 4.78 is 11.4. The van der Waals surface area contributed by atoms with Gasteiger partial charge in [-0.3, -0.25) is 9.59 Å². The second-order valence-electron chi connectivity index (χ2n) is 6.11. The predicted octanol–water partition coefficient (Wildman–Crippen LogP) is 2.99. The summed E-state index contributed by atoms with van der Waals surface area (Å²) in [6.07, 6.45) is 0. The molecule has 2 aromatic carbocycles.